The third-order valence-electron chi connectivity index (χ3n) is 3.95. The van der Waals surface area contributed by atoms with E-state index in [9.17, 15) is 17.4 Å². The van der Waals surface area contributed by atoms with Gasteiger partial charge in [0.05, 0.1) is 0 Å². The molecule has 0 heterocycles. The van der Waals surface area contributed by atoms with Gasteiger partial charge in [-0.25, -0.2) is 0 Å². The highest BCUT2D eigenvalue weighted by Gasteiger charge is 2.27. The molecule has 0 aliphatic heterocycles. The normalized spacial score (nSPS) is 22.4. The van der Waals surface area contributed by atoms with E-state index in [0.717, 1.165) is 25.7 Å². The summed E-state index contributed by atoms with van der Waals surface area (Å²) in [5.74, 6) is 1.34. The highest BCUT2D eigenvalue weighted by atomic mass is 127. The maximum Gasteiger partial charge on any atom is 0.411 e. The molecule has 1 aliphatic carbocycles. The molecule has 0 aromatic rings. The second-order valence-corrected chi connectivity index (χ2v) is 8.09. The zero-order valence-corrected chi connectivity index (χ0v) is 18.6. The maximum absolute atomic E-state index is 12.0. The van der Waals surface area contributed by atoms with Crippen molar-refractivity contribution < 1.29 is 22.1 Å². The lowest BCUT2D eigenvalue weighted by molar-refractivity contribution is -0.173. The molecule has 0 radical (unpaired) electrons. The smallest absolute Gasteiger partial charge is 0.372 e. The molecule has 5 nitrogen and oxygen atoms in total. The van der Waals surface area contributed by atoms with Gasteiger partial charge < -0.3 is 15.4 Å². The maximum atomic E-state index is 12.0. The zero-order chi connectivity index (χ0) is 18.7. The highest BCUT2D eigenvalue weighted by molar-refractivity contribution is 14.0. The predicted octanol–water partition coefficient (Wildman–Crippen LogP) is 3.21. The van der Waals surface area contributed by atoms with Crippen molar-refractivity contribution in [3.05, 3.63) is 0 Å². The van der Waals surface area contributed by atoms with Crippen LogP contribution >= 0.6 is 24.0 Å². The van der Waals surface area contributed by atoms with E-state index in [4.69, 9.17) is 0 Å². The van der Waals surface area contributed by atoms with Crippen molar-refractivity contribution in [1.29, 1.82) is 0 Å². The van der Waals surface area contributed by atoms with Gasteiger partial charge in [-0.15, -0.1) is 24.0 Å². The quantitative estimate of drug-likeness (QED) is 0.215. The second kappa shape index (κ2) is 14.0. The van der Waals surface area contributed by atoms with E-state index >= 15 is 0 Å². The molecule has 1 rings (SSSR count). The van der Waals surface area contributed by atoms with Gasteiger partial charge in [0.1, 0.15) is 6.61 Å². The van der Waals surface area contributed by atoms with Gasteiger partial charge in [0.2, 0.25) is 0 Å². The van der Waals surface area contributed by atoms with Crippen LogP contribution in [0.5, 0.6) is 0 Å². The van der Waals surface area contributed by atoms with Gasteiger partial charge in [-0.05, 0) is 32.6 Å². The molecule has 26 heavy (non-hydrogen) atoms. The Bertz CT molecular complexity index is 439. The van der Waals surface area contributed by atoms with Crippen LogP contribution in [-0.4, -0.2) is 59.7 Å². The van der Waals surface area contributed by atoms with Gasteiger partial charge in [-0.3, -0.25) is 9.20 Å². The molecule has 1 fully saturated rings. The number of aliphatic imine (C=N–C) groups is 1. The fourth-order valence-electron chi connectivity index (χ4n) is 2.81. The first kappa shape index (κ1) is 25.9. The first-order valence-electron chi connectivity index (χ1n) is 8.92. The SMILES string of the molecule is CCNC(=NCCCOCC(F)(F)F)NC1CCCC(S(=O)CC)C1.I. The number of hydrogen-bond donors (Lipinski definition) is 2. The van der Waals surface area contributed by atoms with Crippen molar-refractivity contribution in [3.8, 4) is 0 Å². The van der Waals surface area contributed by atoms with E-state index in [1.807, 2.05) is 13.8 Å². The van der Waals surface area contributed by atoms with Crippen LogP contribution in [-0.2, 0) is 15.5 Å². The van der Waals surface area contributed by atoms with Crippen molar-refractivity contribution >= 4 is 40.7 Å². The third-order valence-corrected chi connectivity index (χ3v) is 5.69. The largest absolute Gasteiger partial charge is 0.411 e. The number of rotatable bonds is 9. The number of nitrogens with zero attached hydrogens (tertiary/aromatic N) is 1. The lowest BCUT2D eigenvalue weighted by Crippen LogP contribution is -2.46. The Morgan fingerprint density at radius 1 is 1.31 bits per heavy atom. The van der Waals surface area contributed by atoms with E-state index in [0.29, 0.717) is 31.2 Å². The van der Waals surface area contributed by atoms with Gasteiger partial charge in [0, 0.05) is 47.5 Å². The van der Waals surface area contributed by atoms with Crippen molar-refractivity contribution in [2.75, 3.05) is 32.1 Å². The third kappa shape index (κ3) is 11.6. The van der Waals surface area contributed by atoms with Crippen LogP contribution in [0.1, 0.15) is 46.0 Å². The van der Waals surface area contributed by atoms with Gasteiger partial charge in [0.15, 0.2) is 5.96 Å². The molecular weight excluding hydrogens is 482 g/mol. The Morgan fingerprint density at radius 3 is 2.65 bits per heavy atom. The minimum Gasteiger partial charge on any atom is -0.372 e. The van der Waals surface area contributed by atoms with Crippen LogP contribution < -0.4 is 10.6 Å². The summed E-state index contributed by atoms with van der Waals surface area (Å²) in [5.41, 5.74) is 0. The molecule has 3 unspecified atom stereocenters. The average molecular weight is 513 g/mol. The molecule has 0 amide bonds. The monoisotopic (exact) mass is 513 g/mol. The number of alkyl halides is 3. The Labute approximate surface area is 173 Å². The van der Waals surface area contributed by atoms with Crippen LogP contribution in [0.3, 0.4) is 0 Å². The van der Waals surface area contributed by atoms with Crippen LogP contribution in [0.15, 0.2) is 4.99 Å². The highest BCUT2D eigenvalue weighted by Crippen LogP contribution is 2.23. The van der Waals surface area contributed by atoms with Crippen molar-refractivity contribution in [2.45, 2.75) is 63.4 Å². The summed E-state index contributed by atoms with van der Waals surface area (Å²) in [6.07, 6.45) is 0.0628. The summed E-state index contributed by atoms with van der Waals surface area (Å²) in [6, 6.07) is 0.230. The number of nitrogens with one attached hydrogen (secondary N) is 2. The van der Waals surface area contributed by atoms with E-state index in [1.165, 1.54) is 0 Å². The summed E-state index contributed by atoms with van der Waals surface area (Å²) in [7, 11) is -0.778. The predicted molar refractivity (Wildman–Crippen MR) is 111 cm³/mol. The first-order chi connectivity index (χ1) is 11.9. The van der Waals surface area contributed by atoms with Crippen molar-refractivity contribution in [3.63, 3.8) is 0 Å². The summed E-state index contributed by atoms with van der Waals surface area (Å²) in [5, 5.41) is 6.74. The Kier molecular flexibility index (Phi) is 13.9. The zero-order valence-electron chi connectivity index (χ0n) is 15.4. The molecule has 0 spiro atoms. The van der Waals surface area contributed by atoms with E-state index in [1.54, 1.807) is 0 Å². The molecule has 0 saturated heterocycles. The lowest BCUT2D eigenvalue weighted by Gasteiger charge is -2.30. The number of ether oxygens (including phenoxy) is 1. The summed E-state index contributed by atoms with van der Waals surface area (Å²) in [6.45, 7) is 3.81. The summed E-state index contributed by atoms with van der Waals surface area (Å²) in [4.78, 5) is 4.39. The molecule has 1 aliphatic rings. The fraction of sp³-hybridized carbons (Fsp3) is 0.938. The number of hydrogen-bond acceptors (Lipinski definition) is 3. The van der Waals surface area contributed by atoms with Gasteiger partial charge >= 0.3 is 6.18 Å². The Morgan fingerprint density at radius 2 is 2.04 bits per heavy atom. The molecular formula is C16H31F3IN3O2S. The number of guanidine groups is 1. The van der Waals surface area contributed by atoms with E-state index in [2.05, 4.69) is 20.4 Å². The molecule has 0 aromatic heterocycles. The van der Waals surface area contributed by atoms with Crippen LogP contribution in [0, 0.1) is 0 Å². The van der Waals surface area contributed by atoms with Crippen molar-refractivity contribution in [1.82, 2.24) is 10.6 Å². The van der Waals surface area contributed by atoms with E-state index < -0.39 is 23.6 Å². The first-order valence-corrected chi connectivity index (χ1v) is 10.3. The molecule has 1 saturated carbocycles. The molecule has 2 N–H and O–H groups in total. The minimum absolute atomic E-state index is 0. The number of halogens is 4. The fourth-order valence-corrected chi connectivity index (χ4v) is 4.16. The molecule has 3 atom stereocenters. The average Bonchev–Trinajstić information content (AvgIpc) is 2.56. The summed E-state index contributed by atoms with van der Waals surface area (Å²) >= 11 is 0. The van der Waals surface area contributed by atoms with Gasteiger partial charge in [-0.1, -0.05) is 13.3 Å². The van der Waals surface area contributed by atoms with Gasteiger partial charge in [0.25, 0.3) is 0 Å². The van der Waals surface area contributed by atoms with Crippen LogP contribution in [0.2, 0.25) is 0 Å². The molecule has 0 aromatic carbocycles. The molecule has 10 heteroatoms. The van der Waals surface area contributed by atoms with E-state index in [-0.39, 0.29) is 41.9 Å². The minimum atomic E-state index is -4.28. The molecule has 156 valence electrons. The Hall–Kier alpha value is -0.100. The second-order valence-electron chi connectivity index (χ2n) is 6.08. The topological polar surface area (TPSA) is 62.7 Å². The van der Waals surface area contributed by atoms with Crippen LogP contribution in [0.25, 0.3) is 0 Å². The molecule has 0 bridgehead atoms. The standard InChI is InChI=1S/C16H30F3N3O2S.HI/c1-3-20-15(21-9-6-10-24-12-16(17,18)19)22-13-7-5-8-14(11-13)25(23)4-2;/h13-14H,3-12H2,1-2H3,(H2,20,21,22);1H. The Balaban J connectivity index is 0.00000625. The lowest BCUT2D eigenvalue weighted by atomic mass is 9.95. The van der Waals surface area contributed by atoms with Crippen LogP contribution in [0.4, 0.5) is 13.2 Å². The van der Waals surface area contributed by atoms with Gasteiger partial charge in [-0.2, -0.15) is 13.2 Å². The summed E-state index contributed by atoms with van der Waals surface area (Å²) < 4.78 is 52.5. The van der Waals surface area contributed by atoms with Crippen molar-refractivity contribution in [2.24, 2.45) is 4.99 Å².